The molecule has 1 aliphatic rings. The van der Waals surface area contributed by atoms with Crippen molar-refractivity contribution in [3.05, 3.63) is 23.8 Å². The first-order valence-electron chi connectivity index (χ1n) is 5.21. The molecule has 1 unspecified atom stereocenters. The molecular formula is C12H14O3S. The molecule has 0 saturated carbocycles. The Labute approximate surface area is 99.1 Å². The van der Waals surface area contributed by atoms with Crippen molar-refractivity contribution in [3.8, 4) is 5.75 Å². The first-order chi connectivity index (χ1) is 7.83. The Morgan fingerprint density at radius 2 is 2.44 bits per heavy atom. The van der Waals surface area contributed by atoms with Gasteiger partial charge in [-0.15, -0.1) is 11.8 Å². The predicted octanol–water partition coefficient (Wildman–Crippen LogP) is 2.39. The third-order valence-electron chi connectivity index (χ3n) is 2.51. The molecule has 1 heterocycles. The fraction of sp³-hybridized carbons (Fsp3) is 0.417. The molecule has 1 saturated heterocycles. The summed E-state index contributed by atoms with van der Waals surface area (Å²) in [4.78, 5) is 11.8. The molecule has 0 aromatic heterocycles. The smallest absolute Gasteiger partial charge is 0.150 e. The largest absolute Gasteiger partial charge is 0.487 e. The average molecular weight is 238 g/mol. The van der Waals surface area contributed by atoms with E-state index in [9.17, 15) is 4.79 Å². The number of benzene rings is 1. The van der Waals surface area contributed by atoms with Gasteiger partial charge in [0.25, 0.3) is 0 Å². The molecule has 0 bridgehead atoms. The third kappa shape index (κ3) is 2.57. The van der Waals surface area contributed by atoms with Crippen molar-refractivity contribution < 1.29 is 14.3 Å². The highest BCUT2D eigenvalue weighted by Gasteiger charge is 2.18. The number of ether oxygens (including phenoxy) is 2. The minimum absolute atomic E-state index is 0.118. The number of rotatable bonds is 4. The maximum atomic E-state index is 10.7. The van der Waals surface area contributed by atoms with Gasteiger partial charge < -0.3 is 9.47 Å². The predicted molar refractivity (Wildman–Crippen MR) is 63.5 cm³/mol. The first-order valence-corrected chi connectivity index (χ1v) is 6.43. The number of carbonyl (C=O) groups is 1. The molecule has 4 heteroatoms. The number of aldehydes is 1. The molecule has 86 valence electrons. The minimum Gasteiger partial charge on any atom is -0.487 e. The molecule has 1 aliphatic heterocycles. The fourth-order valence-corrected chi connectivity index (χ4v) is 2.16. The van der Waals surface area contributed by atoms with E-state index in [1.54, 1.807) is 23.9 Å². The van der Waals surface area contributed by atoms with Gasteiger partial charge in [-0.1, -0.05) is 6.07 Å². The lowest BCUT2D eigenvalue weighted by molar-refractivity contribution is 0.112. The van der Waals surface area contributed by atoms with Crippen LogP contribution in [0.1, 0.15) is 16.8 Å². The fourth-order valence-electron chi connectivity index (χ4n) is 1.64. The van der Waals surface area contributed by atoms with E-state index in [-0.39, 0.29) is 6.10 Å². The maximum Gasteiger partial charge on any atom is 0.150 e. The summed E-state index contributed by atoms with van der Waals surface area (Å²) < 4.78 is 11.1. The lowest BCUT2D eigenvalue weighted by Gasteiger charge is -2.14. The second-order valence-electron chi connectivity index (χ2n) is 3.63. The number of thioether (sulfide) groups is 1. The Morgan fingerprint density at radius 3 is 3.06 bits per heavy atom. The van der Waals surface area contributed by atoms with Crippen LogP contribution >= 0.6 is 11.8 Å². The highest BCUT2D eigenvalue weighted by molar-refractivity contribution is 7.98. The maximum absolute atomic E-state index is 10.7. The van der Waals surface area contributed by atoms with Gasteiger partial charge in [-0.3, -0.25) is 4.79 Å². The van der Waals surface area contributed by atoms with Gasteiger partial charge in [0, 0.05) is 16.9 Å². The van der Waals surface area contributed by atoms with Crippen LogP contribution in [0.15, 0.2) is 23.1 Å². The van der Waals surface area contributed by atoms with E-state index < -0.39 is 0 Å². The molecule has 16 heavy (non-hydrogen) atoms. The van der Waals surface area contributed by atoms with Crippen molar-refractivity contribution in [2.75, 3.05) is 19.5 Å². The van der Waals surface area contributed by atoms with Gasteiger partial charge in [0.2, 0.25) is 0 Å². The van der Waals surface area contributed by atoms with Gasteiger partial charge in [0.15, 0.2) is 0 Å². The Kier molecular flexibility index (Phi) is 3.85. The monoisotopic (exact) mass is 238 g/mol. The van der Waals surface area contributed by atoms with Crippen molar-refractivity contribution >= 4 is 18.0 Å². The van der Waals surface area contributed by atoms with Crippen molar-refractivity contribution in [2.24, 2.45) is 0 Å². The highest BCUT2D eigenvalue weighted by Crippen LogP contribution is 2.30. The lowest BCUT2D eigenvalue weighted by atomic mass is 10.2. The Bertz CT molecular complexity index is 373. The first kappa shape index (κ1) is 11.5. The van der Waals surface area contributed by atoms with Crippen LogP contribution in [0.3, 0.4) is 0 Å². The van der Waals surface area contributed by atoms with Gasteiger partial charge in [0.05, 0.1) is 13.2 Å². The summed E-state index contributed by atoms with van der Waals surface area (Å²) in [5.74, 6) is 0.785. The molecule has 1 aromatic rings. The third-order valence-corrected chi connectivity index (χ3v) is 3.28. The average Bonchev–Trinajstić information content (AvgIpc) is 2.82. The van der Waals surface area contributed by atoms with Crippen LogP contribution in [-0.2, 0) is 4.74 Å². The van der Waals surface area contributed by atoms with Crippen molar-refractivity contribution in [1.29, 1.82) is 0 Å². The standard InChI is InChI=1S/C12H14O3S/c1-16-12-3-2-9(7-13)6-11(12)15-10-4-5-14-8-10/h2-3,6-7,10H,4-5,8H2,1H3. The van der Waals surface area contributed by atoms with Gasteiger partial charge in [-0.05, 0) is 18.4 Å². The van der Waals surface area contributed by atoms with E-state index in [4.69, 9.17) is 9.47 Å². The number of hydrogen-bond acceptors (Lipinski definition) is 4. The van der Waals surface area contributed by atoms with Crippen LogP contribution in [0.25, 0.3) is 0 Å². The Hall–Kier alpha value is -1.00. The number of hydrogen-bond donors (Lipinski definition) is 0. The molecule has 0 N–H and O–H groups in total. The van der Waals surface area contributed by atoms with Crippen molar-refractivity contribution in [1.82, 2.24) is 0 Å². The molecule has 0 aliphatic carbocycles. The molecule has 1 atom stereocenters. The summed E-state index contributed by atoms with van der Waals surface area (Å²) in [6.07, 6.45) is 3.86. The number of carbonyl (C=O) groups excluding carboxylic acids is 1. The molecule has 0 radical (unpaired) electrons. The zero-order chi connectivity index (χ0) is 11.4. The molecule has 0 amide bonds. The normalized spacial score (nSPS) is 19.7. The zero-order valence-corrected chi connectivity index (χ0v) is 9.96. The Morgan fingerprint density at radius 1 is 1.56 bits per heavy atom. The quantitative estimate of drug-likeness (QED) is 0.596. The highest BCUT2D eigenvalue weighted by atomic mass is 32.2. The molecule has 2 rings (SSSR count). The summed E-state index contributed by atoms with van der Waals surface area (Å²) in [6.45, 7) is 1.39. The van der Waals surface area contributed by atoms with E-state index in [1.807, 2.05) is 12.3 Å². The van der Waals surface area contributed by atoms with E-state index in [1.165, 1.54) is 0 Å². The van der Waals surface area contributed by atoms with E-state index in [0.29, 0.717) is 12.2 Å². The summed E-state index contributed by atoms with van der Waals surface area (Å²) in [7, 11) is 0. The topological polar surface area (TPSA) is 35.5 Å². The molecule has 1 aromatic carbocycles. The van der Waals surface area contributed by atoms with Crippen LogP contribution in [0.4, 0.5) is 0 Å². The molecule has 1 fully saturated rings. The summed E-state index contributed by atoms with van der Waals surface area (Å²) in [5, 5.41) is 0. The van der Waals surface area contributed by atoms with Crippen LogP contribution < -0.4 is 4.74 Å². The van der Waals surface area contributed by atoms with Crippen molar-refractivity contribution in [2.45, 2.75) is 17.4 Å². The van der Waals surface area contributed by atoms with Gasteiger partial charge >= 0.3 is 0 Å². The van der Waals surface area contributed by atoms with Crippen LogP contribution in [0, 0.1) is 0 Å². The summed E-state index contributed by atoms with van der Waals surface area (Å²) >= 11 is 1.62. The molecule has 3 nitrogen and oxygen atoms in total. The minimum atomic E-state index is 0.118. The van der Waals surface area contributed by atoms with E-state index >= 15 is 0 Å². The van der Waals surface area contributed by atoms with Gasteiger partial charge in [-0.25, -0.2) is 0 Å². The van der Waals surface area contributed by atoms with E-state index in [0.717, 1.165) is 30.0 Å². The SMILES string of the molecule is CSc1ccc(C=O)cc1OC1CCOC1. The second kappa shape index (κ2) is 5.37. The van der Waals surface area contributed by atoms with Crippen LogP contribution in [0.2, 0.25) is 0 Å². The summed E-state index contributed by atoms with van der Waals surface area (Å²) in [6, 6.07) is 5.51. The van der Waals surface area contributed by atoms with Crippen LogP contribution in [0.5, 0.6) is 5.75 Å². The Balaban J connectivity index is 2.18. The molecule has 0 spiro atoms. The summed E-state index contributed by atoms with van der Waals surface area (Å²) in [5.41, 5.74) is 0.645. The van der Waals surface area contributed by atoms with Crippen LogP contribution in [-0.4, -0.2) is 31.9 Å². The zero-order valence-electron chi connectivity index (χ0n) is 9.14. The van der Waals surface area contributed by atoms with E-state index in [2.05, 4.69) is 0 Å². The lowest BCUT2D eigenvalue weighted by Crippen LogP contribution is -2.16. The van der Waals surface area contributed by atoms with Gasteiger partial charge in [0.1, 0.15) is 18.1 Å². The second-order valence-corrected chi connectivity index (χ2v) is 4.48. The molecular weight excluding hydrogens is 224 g/mol. The van der Waals surface area contributed by atoms with Gasteiger partial charge in [-0.2, -0.15) is 0 Å². The van der Waals surface area contributed by atoms with Crippen molar-refractivity contribution in [3.63, 3.8) is 0 Å².